The van der Waals surface area contributed by atoms with Gasteiger partial charge in [-0.2, -0.15) is 0 Å². The van der Waals surface area contributed by atoms with Gasteiger partial charge in [-0.1, -0.05) is 6.58 Å². The fourth-order valence-corrected chi connectivity index (χ4v) is 4.53. The van der Waals surface area contributed by atoms with Crippen LogP contribution in [0, 0.1) is 11.8 Å². The maximum absolute atomic E-state index is 11.7. The van der Waals surface area contributed by atoms with Gasteiger partial charge in [-0.25, -0.2) is 4.79 Å². The molecule has 0 spiro atoms. The van der Waals surface area contributed by atoms with Crippen LogP contribution in [0.1, 0.15) is 45.4 Å². The van der Waals surface area contributed by atoms with Gasteiger partial charge in [0.2, 0.25) is 0 Å². The van der Waals surface area contributed by atoms with E-state index in [1.165, 1.54) is 6.42 Å². The van der Waals surface area contributed by atoms with Crippen LogP contribution in [0.3, 0.4) is 0 Å². The highest BCUT2D eigenvalue weighted by atomic mass is 16.6. The van der Waals surface area contributed by atoms with Gasteiger partial charge < -0.3 is 9.84 Å². The summed E-state index contributed by atoms with van der Waals surface area (Å²) in [5.74, 6) is 0.786. The maximum Gasteiger partial charge on any atom is 0.333 e. The highest BCUT2D eigenvalue weighted by Gasteiger charge is 2.59. The summed E-state index contributed by atoms with van der Waals surface area (Å²) in [5.41, 5.74) is -0.512. The van der Waals surface area contributed by atoms with Crippen molar-refractivity contribution < 1.29 is 14.6 Å². The van der Waals surface area contributed by atoms with Gasteiger partial charge in [-0.15, -0.1) is 0 Å². The second kappa shape index (κ2) is 3.35. The van der Waals surface area contributed by atoms with Gasteiger partial charge >= 0.3 is 5.97 Å². The van der Waals surface area contributed by atoms with Crippen molar-refractivity contribution in [3.05, 3.63) is 12.2 Å². The highest BCUT2D eigenvalue weighted by Crippen LogP contribution is 2.58. The Labute approximate surface area is 102 Å². The fourth-order valence-electron chi connectivity index (χ4n) is 4.53. The summed E-state index contributed by atoms with van der Waals surface area (Å²) in [6.07, 6.45) is 5.50. The van der Waals surface area contributed by atoms with Crippen molar-refractivity contribution >= 4 is 5.97 Å². The van der Waals surface area contributed by atoms with Gasteiger partial charge in [0.15, 0.2) is 0 Å². The molecule has 17 heavy (non-hydrogen) atoms. The lowest BCUT2D eigenvalue weighted by atomic mass is 9.52. The fraction of sp³-hybridized carbons (Fsp3) is 0.786. The van der Waals surface area contributed by atoms with E-state index in [-0.39, 0.29) is 5.97 Å². The smallest absolute Gasteiger partial charge is 0.333 e. The summed E-state index contributed by atoms with van der Waals surface area (Å²) in [7, 11) is 0. The zero-order chi connectivity index (χ0) is 12.3. The number of carbonyl (C=O) groups is 1. The molecule has 0 aromatic rings. The van der Waals surface area contributed by atoms with Gasteiger partial charge in [0, 0.05) is 12.0 Å². The monoisotopic (exact) mass is 236 g/mol. The highest BCUT2D eigenvalue weighted by molar-refractivity contribution is 5.87. The van der Waals surface area contributed by atoms with E-state index >= 15 is 0 Å². The van der Waals surface area contributed by atoms with E-state index < -0.39 is 11.2 Å². The number of aliphatic hydroxyl groups is 1. The Morgan fingerprint density at radius 1 is 1.29 bits per heavy atom. The Hall–Kier alpha value is -0.830. The second-order valence-corrected chi connectivity index (χ2v) is 6.54. The predicted octanol–water partition coefficient (Wildman–Crippen LogP) is 2.19. The van der Waals surface area contributed by atoms with Crippen LogP contribution < -0.4 is 0 Å². The van der Waals surface area contributed by atoms with Crippen LogP contribution in [0.4, 0.5) is 0 Å². The predicted molar refractivity (Wildman–Crippen MR) is 63.3 cm³/mol. The van der Waals surface area contributed by atoms with E-state index in [4.69, 9.17) is 4.74 Å². The average Bonchev–Trinajstić information content (AvgIpc) is 2.11. The molecule has 0 aliphatic heterocycles. The van der Waals surface area contributed by atoms with Crippen molar-refractivity contribution in [2.75, 3.05) is 0 Å². The number of hydrogen-bond acceptors (Lipinski definition) is 3. The van der Waals surface area contributed by atoms with Gasteiger partial charge in [-0.3, -0.25) is 0 Å². The number of hydrogen-bond donors (Lipinski definition) is 1. The molecule has 3 nitrogen and oxygen atoms in total. The lowest BCUT2D eigenvalue weighted by Gasteiger charge is -2.59. The van der Waals surface area contributed by atoms with Crippen LogP contribution in [0.2, 0.25) is 0 Å². The summed E-state index contributed by atoms with van der Waals surface area (Å²) in [6, 6.07) is 0. The average molecular weight is 236 g/mol. The zero-order valence-corrected chi connectivity index (χ0v) is 10.4. The molecule has 0 radical (unpaired) electrons. The minimum atomic E-state index is -0.570. The van der Waals surface area contributed by atoms with Crippen LogP contribution >= 0.6 is 0 Å². The number of carbonyl (C=O) groups excluding carboxylic acids is 1. The molecule has 0 heterocycles. The topological polar surface area (TPSA) is 46.5 Å². The van der Waals surface area contributed by atoms with Crippen LogP contribution in [-0.2, 0) is 9.53 Å². The number of esters is 1. The van der Waals surface area contributed by atoms with Crippen molar-refractivity contribution in [1.82, 2.24) is 0 Å². The van der Waals surface area contributed by atoms with Gasteiger partial charge in [0.05, 0.1) is 5.60 Å². The molecular formula is C14H20O3. The van der Waals surface area contributed by atoms with Crippen molar-refractivity contribution in [3.63, 3.8) is 0 Å². The van der Waals surface area contributed by atoms with Crippen LogP contribution in [-0.4, -0.2) is 22.3 Å². The zero-order valence-electron chi connectivity index (χ0n) is 10.4. The van der Waals surface area contributed by atoms with E-state index in [1.54, 1.807) is 6.92 Å². The van der Waals surface area contributed by atoms with Gasteiger partial charge in [0.25, 0.3) is 0 Å². The molecule has 4 aliphatic rings. The lowest BCUT2D eigenvalue weighted by molar-refractivity contribution is -0.217. The summed E-state index contributed by atoms with van der Waals surface area (Å²) in [4.78, 5) is 11.7. The largest absolute Gasteiger partial charge is 0.456 e. The normalized spacial score (nSPS) is 46.9. The molecule has 4 atom stereocenters. The first kappa shape index (κ1) is 11.3. The van der Waals surface area contributed by atoms with Crippen LogP contribution in [0.5, 0.6) is 0 Å². The maximum atomic E-state index is 11.7. The Balaban J connectivity index is 1.83. The quantitative estimate of drug-likeness (QED) is 0.590. The molecule has 0 aromatic carbocycles. The minimum absolute atomic E-state index is 0.296. The molecule has 4 fully saturated rings. The first-order chi connectivity index (χ1) is 7.90. The van der Waals surface area contributed by atoms with E-state index in [0.717, 1.165) is 25.7 Å². The summed E-state index contributed by atoms with van der Waals surface area (Å²) in [6.45, 7) is 5.31. The lowest BCUT2D eigenvalue weighted by Crippen LogP contribution is -2.60. The van der Waals surface area contributed by atoms with Gasteiger partial charge in [-0.05, 0) is 50.9 Å². The standard InChI is InChI=1S/C14H20O3/c1-9(2)12(15)17-14-6-10-3-11(7-14)5-13(16,4-10)8-14/h10-11,16H,1,3-8H2,2H3/t10-,11+,13?,14?. The molecule has 0 saturated heterocycles. The molecule has 4 aliphatic carbocycles. The Bertz CT molecular complexity index is 371. The van der Waals surface area contributed by atoms with E-state index in [1.807, 2.05) is 0 Å². The van der Waals surface area contributed by atoms with Crippen molar-refractivity contribution in [1.29, 1.82) is 0 Å². The van der Waals surface area contributed by atoms with Crippen LogP contribution in [0.25, 0.3) is 0 Å². The molecule has 1 N–H and O–H groups in total. The van der Waals surface area contributed by atoms with Crippen molar-refractivity contribution in [2.45, 2.75) is 56.7 Å². The number of ether oxygens (including phenoxy) is 1. The molecule has 94 valence electrons. The third-order valence-corrected chi connectivity index (χ3v) is 4.63. The molecule has 0 aromatic heterocycles. The Morgan fingerprint density at radius 2 is 1.88 bits per heavy atom. The molecule has 4 saturated carbocycles. The minimum Gasteiger partial charge on any atom is -0.456 e. The molecule has 3 heteroatoms. The van der Waals surface area contributed by atoms with E-state index in [9.17, 15) is 9.90 Å². The van der Waals surface area contributed by atoms with Gasteiger partial charge in [0.1, 0.15) is 5.60 Å². The summed E-state index contributed by atoms with van der Waals surface area (Å²) in [5, 5.41) is 10.5. The summed E-state index contributed by atoms with van der Waals surface area (Å²) >= 11 is 0. The third-order valence-electron chi connectivity index (χ3n) is 4.63. The van der Waals surface area contributed by atoms with Crippen LogP contribution in [0.15, 0.2) is 12.2 Å². The van der Waals surface area contributed by atoms with E-state index in [0.29, 0.717) is 23.8 Å². The van der Waals surface area contributed by atoms with Crippen molar-refractivity contribution in [3.8, 4) is 0 Å². The van der Waals surface area contributed by atoms with Crippen molar-refractivity contribution in [2.24, 2.45) is 11.8 Å². The molecule has 4 rings (SSSR count). The Kier molecular flexibility index (Phi) is 2.22. The first-order valence-electron chi connectivity index (χ1n) is 6.51. The Morgan fingerprint density at radius 3 is 2.35 bits per heavy atom. The second-order valence-electron chi connectivity index (χ2n) is 6.54. The molecule has 2 unspecified atom stereocenters. The molecular weight excluding hydrogens is 216 g/mol. The summed E-state index contributed by atoms with van der Waals surface area (Å²) < 4.78 is 5.68. The first-order valence-corrected chi connectivity index (χ1v) is 6.51. The SMILES string of the molecule is C=C(C)C(=O)OC12C[C@@H]3C[C@@H](CC(O)(C3)C1)C2. The molecule has 0 amide bonds. The number of rotatable bonds is 2. The molecule has 4 bridgehead atoms. The third kappa shape index (κ3) is 1.81. The van der Waals surface area contributed by atoms with E-state index in [2.05, 4.69) is 6.58 Å².